The fourth-order valence-electron chi connectivity index (χ4n) is 3.24. The van der Waals surface area contributed by atoms with Gasteiger partial charge in [0.2, 0.25) is 0 Å². The van der Waals surface area contributed by atoms with Gasteiger partial charge in [-0.3, -0.25) is 0 Å². The van der Waals surface area contributed by atoms with E-state index in [0.717, 1.165) is 18.5 Å². The van der Waals surface area contributed by atoms with Crippen LogP contribution in [0.5, 0.6) is 0 Å². The molecule has 0 aliphatic rings. The van der Waals surface area contributed by atoms with Crippen molar-refractivity contribution in [3.63, 3.8) is 0 Å². The molecule has 0 N–H and O–H groups in total. The molecule has 0 radical (unpaired) electrons. The molecule has 0 saturated heterocycles. The maximum absolute atomic E-state index is 4.81. The van der Waals surface area contributed by atoms with Crippen molar-refractivity contribution in [3.05, 3.63) is 42.7 Å². The summed E-state index contributed by atoms with van der Waals surface area (Å²) in [6, 6.07) is 8.42. The van der Waals surface area contributed by atoms with Crippen molar-refractivity contribution < 1.29 is 0 Å². The van der Waals surface area contributed by atoms with Crippen LogP contribution in [0, 0.1) is 0 Å². The maximum atomic E-state index is 4.81. The highest BCUT2D eigenvalue weighted by Gasteiger charge is 2.08. The number of rotatable bonds is 12. The number of unbranched alkanes of at least 4 members (excludes halogenated alkanes) is 8. The number of benzene rings is 1. The van der Waals surface area contributed by atoms with Gasteiger partial charge in [-0.15, -0.1) is 6.58 Å². The summed E-state index contributed by atoms with van der Waals surface area (Å²) in [7, 11) is 0. The van der Waals surface area contributed by atoms with E-state index in [1.54, 1.807) is 0 Å². The molecule has 126 valence electrons. The Morgan fingerprint density at radius 2 is 1.61 bits per heavy atom. The lowest BCUT2D eigenvalue weighted by molar-refractivity contribution is 0.559. The molecule has 2 nitrogen and oxygen atoms in total. The van der Waals surface area contributed by atoms with E-state index in [2.05, 4.69) is 42.3 Å². The van der Waals surface area contributed by atoms with Crippen LogP contribution in [0.15, 0.2) is 36.9 Å². The van der Waals surface area contributed by atoms with E-state index in [1.165, 1.54) is 69.1 Å². The van der Waals surface area contributed by atoms with Gasteiger partial charge in [-0.05, 0) is 18.6 Å². The van der Waals surface area contributed by atoms with E-state index in [-0.39, 0.29) is 0 Å². The van der Waals surface area contributed by atoms with Crippen LogP contribution in [0.3, 0.4) is 0 Å². The Balaban J connectivity index is 1.74. The van der Waals surface area contributed by atoms with Gasteiger partial charge in [0.1, 0.15) is 5.82 Å². The first-order valence-corrected chi connectivity index (χ1v) is 9.42. The van der Waals surface area contributed by atoms with Gasteiger partial charge in [-0.25, -0.2) is 4.98 Å². The van der Waals surface area contributed by atoms with Gasteiger partial charge < -0.3 is 4.57 Å². The van der Waals surface area contributed by atoms with Crippen molar-refractivity contribution in [1.29, 1.82) is 0 Å². The lowest BCUT2D eigenvalue weighted by Crippen LogP contribution is -2.02. The lowest BCUT2D eigenvalue weighted by atomic mass is 10.1. The minimum atomic E-state index is 0.854. The predicted octanol–water partition coefficient (Wildman–Crippen LogP) is 6.30. The highest BCUT2D eigenvalue weighted by atomic mass is 15.1. The molecular weight excluding hydrogens is 280 g/mol. The van der Waals surface area contributed by atoms with Crippen LogP contribution < -0.4 is 0 Å². The second-order valence-electron chi connectivity index (χ2n) is 6.49. The van der Waals surface area contributed by atoms with E-state index in [9.17, 15) is 0 Å². The summed E-state index contributed by atoms with van der Waals surface area (Å²) in [5.41, 5.74) is 2.35. The highest BCUT2D eigenvalue weighted by molar-refractivity contribution is 5.75. The largest absolute Gasteiger partial charge is 0.324 e. The van der Waals surface area contributed by atoms with E-state index in [1.807, 2.05) is 6.08 Å². The standard InChI is InChI=1S/C21H32N2/c1-3-5-6-7-8-9-10-11-12-17-21-22-19-15-13-14-16-20(19)23(21)18-4-2/h4,13-16H,2-3,5-12,17-18H2,1H3. The molecule has 0 bridgehead atoms. The lowest BCUT2D eigenvalue weighted by Gasteiger charge is -2.06. The van der Waals surface area contributed by atoms with Crippen molar-refractivity contribution in [2.75, 3.05) is 0 Å². The van der Waals surface area contributed by atoms with E-state index >= 15 is 0 Å². The zero-order valence-electron chi connectivity index (χ0n) is 14.8. The van der Waals surface area contributed by atoms with Crippen LogP contribution >= 0.6 is 0 Å². The molecule has 0 unspecified atom stereocenters. The molecule has 0 aliphatic carbocycles. The fraction of sp³-hybridized carbons (Fsp3) is 0.571. The van der Waals surface area contributed by atoms with Crippen LogP contribution in [-0.2, 0) is 13.0 Å². The van der Waals surface area contributed by atoms with Crippen LogP contribution in [0.1, 0.15) is 70.5 Å². The van der Waals surface area contributed by atoms with Crippen molar-refractivity contribution in [3.8, 4) is 0 Å². The Morgan fingerprint density at radius 3 is 2.30 bits per heavy atom. The molecular formula is C21H32N2. The molecule has 0 atom stereocenters. The average Bonchev–Trinajstić information content (AvgIpc) is 2.92. The fourth-order valence-corrected chi connectivity index (χ4v) is 3.24. The van der Waals surface area contributed by atoms with Gasteiger partial charge in [0.05, 0.1) is 11.0 Å². The number of fused-ring (bicyclic) bond motifs is 1. The molecule has 1 aromatic heterocycles. The summed E-state index contributed by atoms with van der Waals surface area (Å²) in [5, 5.41) is 0. The highest BCUT2D eigenvalue weighted by Crippen LogP contribution is 2.18. The molecule has 23 heavy (non-hydrogen) atoms. The molecule has 1 aromatic carbocycles. The molecule has 0 amide bonds. The molecule has 2 heteroatoms. The molecule has 2 rings (SSSR count). The number of nitrogens with zero attached hydrogens (tertiary/aromatic N) is 2. The van der Waals surface area contributed by atoms with E-state index in [0.29, 0.717) is 0 Å². The molecule has 0 fully saturated rings. The topological polar surface area (TPSA) is 17.8 Å². The van der Waals surface area contributed by atoms with E-state index in [4.69, 9.17) is 4.98 Å². The zero-order valence-corrected chi connectivity index (χ0v) is 14.8. The summed E-state index contributed by atoms with van der Waals surface area (Å²) >= 11 is 0. The molecule has 2 aromatic rings. The van der Waals surface area contributed by atoms with Crippen molar-refractivity contribution in [2.45, 2.75) is 77.7 Å². The van der Waals surface area contributed by atoms with E-state index < -0.39 is 0 Å². The second kappa shape index (κ2) is 10.3. The summed E-state index contributed by atoms with van der Waals surface area (Å²) < 4.78 is 2.31. The smallest absolute Gasteiger partial charge is 0.110 e. The SMILES string of the molecule is C=CCn1c(CCCCCCCCCCC)nc2ccccc21. The van der Waals surface area contributed by atoms with Crippen LogP contribution in [0.4, 0.5) is 0 Å². The van der Waals surface area contributed by atoms with Gasteiger partial charge in [-0.1, -0.05) is 76.5 Å². The molecule has 0 spiro atoms. The Bertz CT molecular complexity index is 583. The number of aryl methyl sites for hydroxylation is 1. The monoisotopic (exact) mass is 312 g/mol. The third-order valence-electron chi connectivity index (χ3n) is 4.55. The number of para-hydroxylation sites is 2. The first-order valence-electron chi connectivity index (χ1n) is 9.42. The van der Waals surface area contributed by atoms with Crippen molar-refractivity contribution in [2.24, 2.45) is 0 Å². The molecule has 1 heterocycles. The van der Waals surface area contributed by atoms with Crippen LogP contribution in [0.2, 0.25) is 0 Å². The quantitative estimate of drug-likeness (QED) is 0.332. The Labute approximate surface area is 141 Å². The summed E-state index contributed by atoms with van der Waals surface area (Å²) in [5.74, 6) is 1.22. The Kier molecular flexibility index (Phi) is 7.92. The zero-order chi connectivity index (χ0) is 16.3. The number of aromatic nitrogens is 2. The van der Waals surface area contributed by atoms with Gasteiger partial charge >= 0.3 is 0 Å². The summed E-state index contributed by atoms with van der Waals surface area (Å²) in [6.07, 6.45) is 15.4. The molecule has 0 saturated carbocycles. The van der Waals surface area contributed by atoms with Crippen molar-refractivity contribution in [1.82, 2.24) is 9.55 Å². The molecule has 0 aliphatic heterocycles. The normalized spacial score (nSPS) is 11.2. The summed E-state index contributed by atoms with van der Waals surface area (Å²) in [6.45, 7) is 7.02. The average molecular weight is 313 g/mol. The third-order valence-corrected chi connectivity index (χ3v) is 4.55. The Hall–Kier alpha value is -1.57. The Morgan fingerprint density at radius 1 is 0.957 bits per heavy atom. The number of hydrogen-bond donors (Lipinski definition) is 0. The van der Waals surface area contributed by atoms with Gasteiger partial charge in [0.15, 0.2) is 0 Å². The maximum Gasteiger partial charge on any atom is 0.110 e. The first-order chi connectivity index (χ1) is 11.4. The summed E-state index contributed by atoms with van der Waals surface area (Å²) in [4.78, 5) is 4.81. The number of allylic oxidation sites excluding steroid dienone is 1. The minimum absolute atomic E-state index is 0.854. The van der Waals surface area contributed by atoms with Gasteiger partial charge in [0.25, 0.3) is 0 Å². The third kappa shape index (κ3) is 5.53. The first kappa shape index (κ1) is 17.8. The van der Waals surface area contributed by atoms with Crippen LogP contribution in [-0.4, -0.2) is 9.55 Å². The number of imidazole rings is 1. The second-order valence-corrected chi connectivity index (χ2v) is 6.49. The minimum Gasteiger partial charge on any atom is -0.324 e. The van der Waals surface area contributed by atoms with Gasteiger partial charge in [-0.2, -0.15) is 0 Å². The number of hydrogen-bond acceptors (Lipinski definition) is 1. The van der Waals surface area contributed by atoms with Crippen molar-refractivity contribution >= 4 is 11.0 Å². The van der Waals surface area contributed by atoms with Gasteiger partial charge in [0, 0.05) is 13.0 Å². The predicted molar refractivity (Wildman–Crippen MR) is 101 cm³/mol. The van der Waals surface area contributed by atoms with Crippen LogP contribution in [0.25, 0.3) is 11.0 Å².